The molecule has 0 aromatic heterocycles. The van der Waals surface area contributed by atoms with Crippen LogP contribution in [-0.2, 0) is 33.4 Å². The average molecular weight is 654 g/mol. The molecule has 0 aromatic rings. The number of aliphatic hydroxyl groups excluding tert-OH is 1. The Morgan fingerprint density at radius 1 is 0.957 bits per heavy atom. The molecular formula is C32H55N5O9. The number of rotatable bonds is 17. The molecule has 0 aliphatic carbocycles. The van der Waals surface area contributed by atoms with Gasteiger partial charge in [-0.2, -0.15) is 0 Å². The van der Waals surface area contributed by atoms with E-state index in [1.807, 2.05) is 20.8 Å². The fourth-order valence-electron chi connectivity index (χ4n) is 4.78. The zero-order valence-electron chi connectivity index (χ0n) is 28.7. The number of hydrogen-bond acceptors (Lipinski definition) is 9. The highest BCUT2D eigenvalue weighted by atomic mass is 16.6. The molecule has 1 rings (SSSR count). The van der Waals surface area contributed by atoms with E-state index in [0.29, 0.717) is 19.4 Å². The molecule has 5 amide bonds. The number of nitrogens with one attached hydrogen (secondary N) is 5. The number of carbonyl (C=O) groups is 6. The highest BCUT2D eigenvalue weighted by Gasteiger charge is 2.35. The second kappa shape index (κ2) is 19.1. The minimum atomic E-state index is -1.45. The highest BCUT2D eigenvalue weighted by Crippen LogP contribution is 2.18. The number of hydrogen-bond donors (Lipinski definition) is 6. The zero-order chi connectivity index (χ0) is 35.2. The van der Waals surface area contributed by atoms with Crippen molar-refractivity contribution in [1.82, 2.24) is 26.6 Å². The standard InChI is InChI=1S/C32H55N5O9/c1-10-19(5)25(37-31(44)46-32(7,8)9)29(42)36-26(20(6)38)30(43)35-23(16-18(3)4)28(41)34-22(12-13-24(39)45-11-2)17-21-14-15-33-27(21)40/h12-13,18-23,25-26,38H,10-11,14-17H2,1-9H3,(H,33,40)(H,34,41)(H,35,43)(H,36,42)(H,37,44)/b13-12+/t19-,20+,21-,22+,23-,25-,26-/m0/s1. The lowest BCUT2D eigenvalue weighted by Gasteiger charge is -2.30. The predicted molar refractivity (Wildman–Crippen MR) is 171 cm³/mol. The molecule has 1 aliphatic rings. The molecule has 1 heterocycles. The molecule has 262 valence electrons. The Morgan fingerprint density at radius 3 is 2.09 bits per heavy atom. The van der Waals surface area contributed by atoms with Crippen LogP contribution in [0.4, 0.5) is 4.79 Å². The Bertz CT molecular complexity index is 1090. The van der Waals surface area contributed by atoms with Crippen molar-refractivity contribution in [3.05, 3.63) is 12.2 Å². The molecule has 0 saturated carbocycles. The van der Waals surface area contributed by atoms with E-state index < -0.39 is 65.7 Å². The molecule has 0 unspecified atom stereocenters. The van der Waals surface area contributed by atoms with Crippen LogP contribution >= 0.6 is 0 Å². The Morgan fingerprint density at radius 2 is 1.59 bits per heavy atom. The van der Waals surface area contributed by atoms with E-state index in [4.69, 9.17) is 9.47 Å². The number of amides is 5. The van der Waals surface area contributed by atoms with Gasteiger partial charge in [0.2, 0.25) is 23.6 Å². The molecule has 1 aliphatic heterocycles. The van der Waals surface area contributed by atoms with Crippen LogP contribution in [0.3, 0.4) is 0 Å². The normalized spacial score (nSPS) is 18.8. The van der Waals surface area contributed by atoms with Gasteiger partial charge >= 0.3 is 12.1 Å². The second-order valence-corrected chi connectivity index (χ2v) is 13.2. The zero-order valence-corrected chi connectivity index (χ0v) is 28.7. The first-order valence-electron chi connectivity index (χ1n) is 16.1. The van der Waals surface area contributed by atoms with Gasteiger partial charge in [0, 0.05) is 24.6 Å². The van der Waals surface area contributed by atoms with E-state index in [-0.39, 0.29) is 43.1 Å². The van der Waals surface area contributed by atoms with E-state index in [9.17, 15) is 33.9 Å². The van der Waals surface area contributed by atoms with E-state index in [1.165, 1.54) is 19.1 Å². The molecule has 0 bridgehead atoms. The summed E-state index contributed by atoms with van der Waals surface area (Å²) < 4.78 is 10.2. The van der Waals surface area contributed by atoms with Gasteiger partial charge in [-0.25, -0.2) is 9.59 Å². The minimum Gasteiger partial charge on any atom is -0.463 e. The topological polar surface area (TPSA) is 201 Å². The third kappa shape index (κ3) is 14.6. The lowest BCUT2D eigenvalue weighted by molar-refractivity contribution is -0.137. The summed E-state index contributed by atoms with van der Waals surface area (Å²) in [5.41, 5.74) is -0.800. The maximum absolute atomic E-state index is 13.5. The van der Waals surface area contributed by atoms with E-state index >= 15 is 0 Å². The smallest absolute Gasteiger partial charge is 0.408 e. The van der Waals surface area contributed by atoms with Gasteiger partial charge in [0.25, 0.3) is 0 Å². The summed E-state index contributed by atoms with van der Waals surface area (Å²) in [6.07, 6.45) is 2.02. The molecule has 14 nitrogen and oxygen atoms in total. The summed E-state index contributed by atoms with van der Waals surface area (Å²) in [5.74, 6) is -3.59. The van der Waals surface area contributed by atoms with Crippen LogP contribution < -0.4 is 26.6 Å². The molecule has 0 aromatic carbocycles. The summed E-state index contributed by atoms with van der Waals surface area (Å²) in [4.78, 5) is 77.0. The van der Waals surface area contributed by atoms with E-state index in [2.05, 4.69) is 26.6 Å². The Kier molecular flexibility index (Phi) is 16.7. The molecule has 46 heavy (non-hydrogen) atoms. The van der Waals surface area contributed by atoms with Gasteiger partial charge < -0.3 is 41.2 Å². The lowest BCUT2D eigenvalue weighted by Crippen LogP contribution is -2.61. The van der Waals surface area contributed by atoms with Gasteiger partial charge in [-0.1, -0.05) is 40.2 Å². The van der Waals surface area contributed by atoms with Crippen molar-refractivity contribution >= 4 is 35.7 Å². The molecule has 1 fully saturated rings. The molecule has 7 atom stereocenters. The first kappa shape index (κ1) is 40.3. The van der Waals surface area contributed by atoms with Crippen molar-refractivity contribution in [2.45, 2.75) is 124 Å². The molecular weight excluding hydrogens is 598 g/mol. The van der Waals surface area contributed by atoms with Crippen LogP contribution in [0.2, 0.25) is 0 Å². The Balaban J connectivity index is 3.16. The van der Waals surface area contributed by atoms with Crippen LogP contribution in [0.15, 0.2) is 12.2 Å². The summed E-state index contributed by atoms with van der Waals surface area (Å²) >= 11 is 0. The van der Waals surface area contributed by atoms with Crippen LogP contribution in [0, 0.1) is 17.8 Å². The number of ether oxygens (including phenoxy) is 2. The van der Waals surface area contributed by atoms with Crippen molar-refractivity contribution in [3.63, 3.8) is 0 Å². The molecule has 14 heteroatoms. The van der Waals surface area contributed by atoms with Crippen molar-refractivity contribution in [2.75, 3.05) is 13.2 Å². The first-order valence-corrected chi connectivity index (χ1v) is 16.1. The number of carbonyl (C=O) groups excluding carboxylic acids is 6. The quantitative estimate of drug-likeness (QED) is 0.0993. The third-order valence-electron chi connectivity index (χ3n) is 7.35. The van der Waals surface area contributed by atoms with Crippen molar-refractivity contribution in [1.29, 1.82) is 0 Å². The van der Waals surface area contributed by atoms with Crippen LogP contribution in [-0.4, -0.2) is 89.8 Å². The van der Waals surface area contributed by atoms with Gasteiger partial charge in [0.15, 0.2) is 0 Å². The maximum Gasteiger partial charge on any atom is 0.408 e. The Hall–Kier alpha value is -3.68. The van der Waals surface area contributed by atoms with Crippen molar-refractivity contribution < 1.29 is 43.3 Å². The van der Waals surface area contributed by atoms with Crippen LogP contribution in [0.25, 0.3) is 0 Å². The second-order valence-electron chi connectivity index (χ2n) is 13.2. The number of esters is 1. The Labute approximate surface area is 272 Å². The van der Waals surface area contributed by atoms with Crippen molar-refractivity contribution in [2.24, 2.45) is 17.8 Å². The van der Waals surface area contributed by atoms with E-state index in [0.717, 1.165) is 0 Å². The summed E-state index contributed by atoms with van der Waals surface area (Å²) in [7, 11) is 0. The molecule has 6 N–H and O–H groups in total. The SMILES string of the molecule is CCOC(=O)/C=C/[C@H](C[C@@H]1CCNC1=O)NC(=O)[C@H](CC(C)C)NC(=O)[C@@H](NC(=O)[C@@H](NC(=O)OC(C)(C)C)[C@@H](C)CC)[C@@H](C)O. The number of aliphatic hydroxyl groups is 1. The van der Waals surface area contributed by atoms with Crippen LogP contribution in [0.5, 0.6) is 0 Å². The minimum absolute atomic E-state index is 0.0439. The first-order chi connectivity index (χ1) is 21.4. The fraction of sp³-hybridized carbons (Fsp3) is 0.750. The summed E-state index contributed by atoms with van der Waals surface area (Å²) in [6, 6.07) is -4.32. The van der Waals surface area contributed by atoms with Crippen molar-refractivity contribution in [3.8, 4) is 0 Å². The van der Waals surface area contributed by atoms with Crippen LogP contribution in [0.1, 0.15) is 88.0 Å². The van der Waals surface area contributed by atoms with Gasteiger partial charge in [0.1, 0.15) is 23.7 Å². The third-order valence-corrected chi connectivity index (χ3v) is 7.35. The monoisotopic (exact) mass is 653 g/mol. The molecule has 1 saturated heterocycles. The molecule has 0 spiro atoms. The summed E-state index contributed by atoms with van der Waals surface area (Å²) in [5, 5.41) is 23.8. The summed E-state index contributed by atoms with van der Waals surface area (Å²) in [6.45, 7) is 16.0. The van der Waals surface area contributed by atoms with Gasteiger partial charge in [-0.3, -0.25) is 19.2 Å². The van der Waals surface area contributed by atoms with Gasteiger partial charge in [0.05, 0.1) is 12.7 Å². The van der Waals surface area contributed by atoms with Gasteiger partial charge in [-0.15, -0.1) is 0 Å². The largest absolute Gasteiger partial charge is 0.463 e. The van der Waals surface area contributed by atoms with E-state index in [1.54, 1.807) is 34.6 Å². The molecule has 0 radical (unpaired) electrons. The average Bonchev–Trinajstić information content (AvgIpc) is 3.34. The number of alkyl carbamates (subject to hydrolysis) is 1. The lowest BCUT2D eigenvalue weighted by atomic mass is 9.96. The van der Waals surface area contributed by atoms with Gasteiger partial charge in [-0.05, 0) is 65.7 Å². The highest BCUT2D eigenvalue weighted by molar-refractivity contribution is 5.94. The predicted octanol–water partition coefficient (Wildman–Crippen LogP) is 1.45. The maximum atomic E-state index is 13.5. The fourth-order valence-corrected chi connectivity index (χ4v) is 4.78.